The highest BCUT2D eigenvalue weighted by atomic mass is 16.7. The zero-order valence-electron chi connectivity index (χ0n) is 9.53. The van der Waals surface area contributed by atoms with Crippen LogP contribution in [0.15, 0.2) is 30.3 Å². The molecular formula is C12H18O3. The molecule has 3 heteroatoms. The molecule has 0 aliphatic rings. The van der Waals surface area contributed by atoms with Gasteiger partial charge in [0, 0.05) is 33.3 Å². The summed E-state index contributed by atoms with van der Waals surface area (Å²) in [6.07, 6.45) is 0.667. The van der Waals surface area contributed by atoms with E-state index in [2.05, 4.69) is 0 Å². The molecule has 0 amide bonds. The number of hydrogen-bond donors (Lipinski definition) is 0. The van der Waals surface area contributed by atoms with Gasteiger partial charge in [0.25, 0.3) is 0 Å². The molecule has 3 nitrogen and oxygen atoms in total. The van der Waals surface area contributed by atoms with Gasteiger partial charge in [-0.25, -0.2) is 0 Å². The van der Waals surface area contributed by atoms with Crippen LogP contribution in [-0.4, -0.2) is 27.9 Å². The Kier molecular flexibility index (Phi) is 4.75. The fourth-order valence-electron chi connectivity index (χ4n) is 1.60. The number of hydrogen-bond acceptors (Lipinski definition) is 3. The van der Waals surface area contributed by atoms with Gasteiger partial charge in [0.2, 0.25) is 0 Å². The molecule has 0 spiro atoms. The van der Waals surface area contributed by atoms with Gasteiger partial charge in [-0.1, -0.05) is 30.3 Å². The Morgan fingerprint density at radius 2 is 1.60 bits per heavy atom. The van der Waals surface area contributed by atoms with E-state index >= 15 is 0 Å². The number of benzene rings is 1. The van der Waals surface area contributed by atoms with Crippen LogP contribution in [0.3, 0.4) is 0 Å². The number of ether oxygens (including phenoxy) is 3. The van der Waals surface area contributed by atoms with Gasteiger partial charge in [0.15, 0.2) is 5.79 Å². The fourth-order valence-corrected chi connectivity index (χ4v) is 1.60. The minimum Gasteiger partial charge on any atom is -0.384 e. The molecule has 0 aliphatic carbocycles. The van der Waals surface area contributed by atoms with E-state index in [0.717, 1.165) is 5.56 Å². The summed E-state index contributed by atoms with van der Waals surface area (Å²) in [6.45, 7) is 0.594. The lowest BCUT2D eigenvalue weighted by atomic mass is 10.0. The smallest absolute Gasteiger partial charge is 0.196 e. The molecule has 0 aliphatic heterocycles. The molecule has 0 atom stereocenters. The van der Waals surface area contributed by atoms with Crippen LogP contribution < -0.4 is 0 Å². The third-order valence-corrected chi connectivity index (χ3v) is 2.51. The summed E-state index contributed by atoms with van der Waals surface area (Å²) in [4.78, 5) is 0. The molecule has 0 bridgehead atoms. The fraction of sp³-hybridized carbons (Fsp3) is 0.500. The Morgan fingerprint density at radius 1 is 1.00 bits per heavy atom. The first-order valence-corrected chi connectivity index (χ1v) is 4.94. The van der Waals surface area contributed by atoms with Crippen molar-refractivity contribution in [2.24, 2.45) is 0 Å². The van der Waals surface area contributed by atoms with Crippen molar-refractivity contribution in [3.05, 3.63) is 35.9 Å². The van der Waals surface area contributed by atoms with Crippen molar-refractivity contribution >= 4 is 0 Å². The van der Waals surface area contributed by atoms with Crippen LogP contribution in [-0.2, 0) is 20.0 Å². The maximum absolute atomic E-state index is 5.47. The summed E-state index contributed by atoms with van der Waals surface area (Å²) < 4.78 is 16.0. The first kappa shape index (κ1) is 12.2. The molecule has 0 aromatic heterocycles. The second kappa shape index (κ2) is 5.85. The van der Waals surface area contributed by atoms with Crippen LogP contribution in [0.1, 0.15) is 12.0 Å². The molecule has 0 saturated carbocycles. The predicted molar refractivity (Wildman–Crippen MR) is 58.6 cm³/mol. The maximum Gasteiger partial charge on any atom is 0.196 e. The summed E-state index contributed by atoms with van der Waals surface area (Å²) in [7, 11) is 4.96. The minimum absolute atomic E-state index is 0.594. The zero-order valence-corrected chi connectivity index (χ0v) is 9.53. The van der Waals surface area contributed by atoms with Gasteiger partial charge in [0.1, 0.15) is 0 Å². The first-order valence-electron chi connectivity index (χ1n) is 4.94. The van der Waals surface area contributed by atoms with Gasteiger partial charge in [-0.2, -0.15) is 0 Å². The first-order chi connectivity index (χ1) is 7.29. The molecule has 0 heterocycles. The van der Waals surface area contributed by atoms with E-state index in [1.807, 2.05) is 30.3 Å². The van der Waals surface area contributed by atoms with Crippen molar-refractivity contribution in [1.82, 2.24) is 0 Å². The van der Waals surface area contributed by atoms with Crippen molar-refractivity contribution in [2.45, 2.75) is 12.2 Å². The second-order valence-electron chi connectivity index (χ2n) is 3.27. The monoisotopic (exact) mass is 210 g/mol. The van der Waals surface area contributed by atoms with E-state index in [1.165, 1.54) is 0 Å². The summed E-state index contributed by atoms with van der Waals surface area (Å²) in [5.74, 6) is -0.697. The molecule has 0 unspecified atom stereocenters. The molecule has 0 radical (unpaired) electrons. The third kappa shape index (κ3) is 2.78. The largest absolute Gasteiger partial charge is 0.384 e. The van der Waals surface area contributed by atoms with Crippen LogP contribution in [0, 0.1) is 0 Å². The number of methoxy groups -OCH3 is 3. The molecule has 0 N–H and O–H groups in total. The molecule has 1 aromatic carbocycles. The van der Waals surface area contributed by atoms with Crippen molar-refractivity contribution in [3.8, 4) is 0 Å². The van der Waals surface area contributed by atoms with Gasteiger partial charge < -0.3 is 14.2 Å². The van der Waals surface area contributed by atoms with Gasteiger partial charge in [0.05, 0.1) is 6.61 Å². The highest BCUT2D eigenvalue weighted by Crippen LogP contribution is 2.29. The molecule has 15 heavy (non-hydrogen) atoms. The van der Waals surface area contributed by atoms with E-state index in [0.29, 0.717) is 13.0 Å². The Hall–Kier alpha value is -0.900. The molecule has 84 valence electrons. The molecule has 0 saturated heterocycles. The normalized spacial score (nSPS) is 11.7. The highest BCUT2D eigenvalue weighted by molar-refractivity contribution is 5.20. The number of rotatable bonds is 6. The average molecular weight is 210 g/mol. The quantitative estimate of drug-likeness (QED) is 0.673. The summed E-state index contributed by atoms with van der Waals surface area (Å²) in [6, 6.07) is 9.88. The summed E-state index contributed by atoms with van der Waals surface area (Å²) >= 11 is 0. The van der Waals surface area contributed by atoms with Crippen LogP contribution in [0.4, 0.5) is 0 Å². The second-order valence-corrected chi connectivity index (χ2v) is 3.27. The molecule has 1 aromatic rings. The lowest BCUT2D eigenvalue weighted by Crippen LogP contribution is -2.32. The Morgan fingerprint density at radius 3 is 2.07 bits per heavy atom. The highest BCUT2D eigenvalue weighted by Gasteiger charge is 2.31. The van der Waals surface area contributed by atoms with Crippen LogP contribution >= 0.6 is 0 Å². The molecule has 0 fully saturated rings. The maximum atomic E-state index is 5.47. The zero-order chi connectivity index (χ0) is 11.1. The Labute approximate surface area is 91.0 Å². The Bertz CT molecular complexity index is 267. The van der Waals surface area contributed by atoms with Crippen molar-refractivity contribution < 1.29 is 14.2 Å². The minimum atomic E-state index is -0.697. The van der Waals surface area contributed by atoms with Crippen molar-refractivity contribution in [2.75, 3.05) is 27.9 Å². The standard InChI is InChI=1S/C12H18O3/c1-13-10-9-12(14-2,15-3)11-7-5-4-6-8-11/h4-8H,9-10H2,1-3H3. The van der Waals surface area contributed by atoms with E-state index in [4.69, 9.17) is 14.2 Å². The van der Waals surface area contributed by atoms with Crippen molar-refractivity contribution in [1.29, 1.82) is 0 Å². The summed E-state index contributed by atoms with van der Waals surface area (Å²) in [5, 5.41) is 0. The van der Waals surface area contributed by atoms with E-state index in [1.54, 1.807) is 21.3 Å². The Balaban J connectivity index is 2.89. The lowest BCUT2D eigenvalue weighted by molar-refractivity contribution is -0.225. The lowest BCUT2D eigenvalue weighted by Gasteiger charge is -2.31. The van der Waals surface area contributed by atoms with E-state index in [-0.39, 0.29) is 0 Å². The van der Waals surface area contributed by atoms with Gasteiger partial charge >= 0.3 is 0 Å². The van der Waals surface area contributed by atoms with E-state index in [9.17, 15) is 0 Å². The van der Waals surface area contributed by atoms with Crippen LogP contribution in [0.5, 0.6) is 0 Å². The van der Waals surface area contributed by atoms with Gasteiger partial charge in [-0.15, -0.1) is 0 Å². The average Bonchev–Trinajstić information content (AvgIpc) is 2.33. The third-order valence-electron chi connectivity index (χ3n) is 2.51. The molecular weight excluding hydrogens is 192 g/mol. The predicted octanol–water partition coefficient (Wildman–Crippen LogP) is 2.17. The topological polar surface area (TPSA) is 27.7 Å². The van der Waals surface area contributed by atoms with Gasteiger partial charge in [-0.3, -0.25) is 0 Å². The SMILES string of the molecule is COCCC(OC)(OC)c1ccccc1. The van der Waals surface area contributed by atoms with Gasteiger partial charge in [-0.05, 0) is 0 Å². The van der Waals surface area contributed by atoms with Crippen LogP contribution in [0.2, 0.25) is 0 Å². The van der Waals surface area contributed by atoms with Crippen molar-refractivity contribution in [3.63, 3.8) is 0 Å². The van der Waals surface area contributed by atoms with Crippen LogP contribution in [0.25, 0.3) is 0 Å². The summed E-state index contributed by atoms with van der Waals surface area (Å²) in [5.41, 5.74) is 1.01. The van der Waals surface area contributed by atoms with E-state index < -0.39 is 5.79 Å². The molecule has 1 rings (SSSR count).